The van der Waals surface area contributed by atoms with Gasteiger partial charge in [0.25, 0.3) is 0 Å². The molecule has 0 bridgehead atoms. The van der Waals surface area contributed by atoms with E-state index in [2.05, 4.69) is 16.3 Å². The van der Waals surface area contributed by atoms with Gasteiger partial charge in [0.1, 0.15) is 5.52 Å². The molecule has 176 valence electrons. The second-order valence-electron chi connectivity index (χ2n) is 9.05. The van der Waals surface area contributed by atoms with Crippen molar-refractivity contribution in [2.24, 2.45) is 0 Å². The van der Waals surface area contributed by atoms with E-state index in [1.165, 1.54) is 25.4 Å². The van der Waals surface area contributed by atoms with E-state index in [9.17, 15) is 19.6 Å². The summed E-state index contributed by atoms with van der Waals surface area (Å²) in [7, 11) is 1.35. The molecule has 0 aliphatic heterocycles. The van der Waals surface area contributed by atoms with E-state index in [1.54, 1.807) is 23.6 Å². The maximum absolute atomic E-state index is 16.0. The Hall–Kier alpha value is -3.93. The lowest BCUT2D eigenvalue weighted by molar-refractivity contribution is -0.137. The highest BCUT2D eigenvalue weighted by Crippen LogP contribution is 2.45. The molecule has 0 amide bonds. The van der Waals surface area contributed by atoms with Gasteiger partial charge in [0.2, 0.25) is 0 Å². The van der Waals surface area contributed by atoms with Crippen LogP contribution in [0.2, 0.25) is 0 Å². The van der Waals surface area contributed by atoms with Gasteiger partial charge >= 0.3 is 5.97 Å². The molecule has 0 radical (unpaired) electrons. The molecule has 34 heavy (non-hydrogen) atoms. The number of hydrogen-bond donors (Lipinski definition) is 2. The molecule has 0 saturated carbocycles. The van der Waals surface area contributed by atoms with E-state index >= 15 is 4.39 Å². The van der Waals surface area contributed by atoms with E-state index < -0.39 is 28.9 Å². The highest BCUT2D eigenvalue weighted by Gasteiger charge is 2.35. The minimum atomic E-state index is -1.02. The van der Waals surface area contributed by atoms with E-state index in [4.69, 9.17) is 4.74 Å². The quantitative estimate of drug-likeness (QED) is 0.371. The maximum atomic E-state index is 16.0. The van der Waals surface area contributed by atoms with E-state index in [0.29, 0.717) is 27.8 Å². The summed E-state index contributed by atoms with van der Waals surface area (Å²) >= 11 is 0. The fraction of sp³-hybridized carbons (Fsp3) is 0.320. The molecule has 0 saturated heterocycles. The number of nitriles is 1. The molecule has 2 aromatic heterocycles. The molecule has 7 nitrogen and oxygen atoms in total. The van der Waals surface area contributed by atoms with Crippen LogP contribution in [0.15, 0.2) is 30.5 Å². The Kier molecular flexibility index (Phi) is 5.77. The average Bonchev–Trinajstić information content (AvgIpc) is 3.37. The summed E-state index contributed by atoms with van der Waals surface area (Å²) in [6.07, 6.45) is 1.36. The lowest BCUT2D eigenvalue weighted by atomic mass is 9.80. The van der Waals surface area contributed by atoms with Crippen LogP contribution >= 0.6 is 0 Å². The number of methoxy groups -OCH3 is 1. The first-order chi connectivity index (χ1) is 16.1. The summed E-state index contributed by atoms with van der Waals surface area (Å²) in [5, 5.41) is 26.5. The number of aromatic nitrogens is 3. The number of rotatable bonds is 7. The molecule has 4 rings (SSSR count). The van der Waals surface area contributed by atoms with Crippen LogP contribution in [-0.2, 0) is 10.2 Å². The third kappa shape index (κ3) is 3.65. The number of aliphatic carboxylic acids is 1. The van der Waals surface area contributed by atoms with Crippen molar-refractivity contribution in [3.05, 3.63) is 53.4 Å². The minimum absolute atomic E-state index is 0.00776. The number of benzene rings is 2. The number of halogens is 2. The number of carboxylic acids is 1. The fourth-order valence-electron chi connectivity index (χ4n) is 4.68. The standard InChI is InChI=1S/C25H24F2N4O3/c1-13(9-19(32)33)20-21-17(10-14-12-29-30-23(14)22(21)27)31(24(20)25(2,3)7-8-28)15-5-6-16(26)18(11-15)34-4/h5-6,10-13H,7,9H2,1-4H3,(H,29,30)(H,32,33)/t13-/m0/s1. The lowest BCUT2D eigenvalue weighted by Crippen LogP contribution is -2.23. The Balaban J connectivity index is 2.23. The number of nitrogens with zero attached hydrogens (tertiary/aromatic N) is 3. The molecule has 0 aliphatic rings. The number of aromatic amines is 1. The predicted molar refractivity (Wildman–Crippen MR) is 123 cm³/mol. The summed E-state index contributed by atoms with van der Waals surface area (Å²) in [6.45, 7) is 5.43. The third-order valence-corrected chi connectivity index (χ3v) is 6.17. The van der Waals surface area contributed by atoms with Gasteiger partial charge in [0.05, 0.1) is 31.3 Å². The summed E-state index contributed by atoms with van der Waals surface area (Å²) in [6, 6.07) is 8.26. The van der Waals surface area contributed by atoms with Crippen molar-refractivity contribution in [1.29, 1.82) is 5.26 Å². The van der Waals surface area contributed by atoms with Gasteiger partial charge in [0.15, 0.2) is 17.4 Å². The fourth-order valence-corrected chi connectivity index (χ4v) is 4.68. The Morgan fingerprint density at radius 2 is 2.09 bits per heavy atom. The maximum Gasteiger partial charge on any atom is 0.303 e. The summed E-state index contributed by atoms with van der Waals surface area (Å²) in [5.41, 5.74) is 1.46. The van der Waals surface area contributed by atoms with E-state index in [0.717, 1.165) is 0 Å². The molecule has 4 aromatic rings. The summed E-state index contributed by atoms with van der Waals surface area (Å²) in [4.78, 5) is 11.6. The van der Waals surface area contributed by atoms with Gasteiger partial charge in [-0.25, -0.2) is 8.78 Å². The molecule has 0 aliphatic carbocycles. The number of ether oxygens (including phenoxy) is 1. The van der Waals surface area contributed by atoms with Crippen LogP contribution in [-0.4, -0.2) is 33.0 Å². The molecule has 2 heterocycles. The van der Waals surface area contributed by atoms with Crippen LogP contribution in [0.4, 0.5) is 8.78 Å². The second-order valence-corrected chi connectivity index (χ2v) is 9.05. The number of carboxylic acid groups (broad SMARTS) is 1. The first-order valence-corrected chi connectivity index (χ1v) is 10.7. The molecule has 2 N–H and O–H groups in total. The van der Waals surface area contributed by atoms with Gasteiger partial charge in [-0.1, -0.05) is 20.8 Å². The first-order valence-electron chi connectivity index (χ1n) is 10.7. The van der Waals surface area contributed by atoms with Crippen molar-refractivity contribution in [2.45, 2.75) is 44.9 Å². The smallest absolute Gasteiger partial charge is 0.303 e. The molecule has 1 atom stereocenters. The molecular weight excluding hydrogens is 442 g/mol. The zero-order valence-electron chi connectivity index (χ0n) is 19.2. The predicted octanol–water partition coefficient (Wildman–Crippen LogP) is 5.56. The van der Waals surface area contributed by atoms with Crippen molar-refractivity contribution < 1.29 is 23.4 Å². The van der Waals surface area contributed by atoms with Crippen LogP contribution in [0.25, 0.3) is 27.5 Å². The zero-order valence-corrected chi connectivity index (χ0v) is 19.2. The Morgan fingerprint density at radius 3 is 2.74 bits per heavy atom. The van der Waals surface area contributed by atoms with Crippen LogP contribution in [0.3, 0.4) is 0 Å². The molecular formula is C25H24F2N4O3. The second kappa shape index (κ2) is 8.45. The lowest BCUT2D eigenvalue weighted by Gasteiger charge is -2.28. The van der Waals surface area contributed by atoms with Crippen LogP contribution < -0.4 is 4.74 Å². The van der Waals surface area contributed by atoms with Crippen molar-refractivity contribution in [3.63, 3.8) is 0 Å². The van der Waals surface area contributed by atoms with Gasteiger partial charge in [-0.3, -0.25) is 9.89 Å². The Labute approximate surface area is 194 Å². The zero-order chi connectivity index (χ0) is 24.8. The number of fused-ring (bicyclic) bond motifs is 2. The van der Waals surface area contributed by atoms with E-state index in [1.807, 2.05) is 13.8 Å². The summed E-state index contributed by atoms with van der Waals surface area (Å²) < 4.78 is 37.2. The molecule has 0 spiro atoms. The van der Waals surface area contributed by atoms with Crippen molar-refractivity contribution in [2.75, 3.05) is 7.11 Å². The first kappa shape index (κ1) is 23.2. The highest BCUT2D eigenvalue weighted by atomic mass is 19.1. The number of H-pyrrole nitrogens is 1. The Morgan fingerprint density at radius 1 is 1.35 bits per heavy atom. The molecule has 2 aromatic carbocycles. The number of carbonyl (C=O) groups is 1. The normalized spacial score (nSPS) is 12.7. The summed E-state index contributed by atoms with van der Waals surface area (Å²) in [5.74, 6) is -2.70. The molecule has 0 unspecified atom stereocenters. The van der Waals surface area contributed by atoms with Crippen LogP contribution in [0, 0.1) is 23.0 Å². The number of hydrogen-bond acceptors (Lipinski definition) is 4. The largest absolute Gasteiger partial charge is 0.494 e. The highest BCUT2D eigenvalue weighted by molar-refractivity contribution is 6.00. The van der Waals surface area contributed by atoms with Gasteiger partial charge in [0, 0.05) is 40.1 Å². The molecule has 9 heteroatoms. The van der Waals surface area contributed by atoms with Gasteiger partial charge in [-0.05, 0) is 29.7 Å². The minimum Gasteiger partial charge on any atom is -0.494 e. The average molecular weight is 466 g/mol. The molecule has 0 fully saturated rings. The third-order valence-electron chi connectivity index (χ3n) is 6.17. The van der Waals surface area contributed by atoms with Gasteiger partial charge in [-0.2, -0.15) is 10.4 Å². The number of nitrogens with one attached hydrogen (secondary N) is 1. The van der Waals surface area contributed by atoms with Crippen LogP contribution in [0.5, 0.6) is 5.75 Å². The van der Waals surface area contributed by atoms with Crippen molar-refractivity contribution in [1.82, 2.24) is 14.8 Å². The van der Waals surface area contributed by atoms with Crippen molar-refractivity contribution >= 4 is 27.8 Å². The van der Waals surface area contributed by atoms with Crippen LogP contribution in [0.1, 0.15) is 50.8 Å². The SMILES string of the molecule is COc1cc(-n2c(C(C)(C)CC#N)c([C@@H](C)CC(=O)O)c3c(F)c4[nH]ncc4cc32)ccc1F. The Bertz CT molecular complexity index is 1460. The van der Waals surface area contributed by atoms with E-state index in [-0.39, 0.29) is 29.5 Å². The van der Waals surface area contributed by atoms with Crippen molar-refractivity contribution in [3.8, 4) is 17.5 Å². The topological polar surface area (TPSA) is 104 Å². The van der Waals surface area contributed by atoms with Gasteiger partial charge < -0.3 is 14.4 Å². The monoisotopic (exact) mass is 466 g/mol. The van der Waals surface area contributed by atoms with Gasteiger partial charge in [-0.15, -0.1) is 0 Å².